The molecule has 1 aliphatic rings. The Labute approximate surface area is 89.1 Å². The second kappa shape index (κ2) is 6.06. The lowest BCUT2D eigenvalue weighted by molar-refractivity contribution is 0.769. The summed E-state index contributed by atoms with van der Waals surface area (Å²) in [7, 11) is 0. The molecule has 0 aromatic heterocycles. The SMILES string of the molecule is CCCCC1=C(CC)C(CCC)=CC1. The molecule has 0 fully saturated rings. The minimum absolute atomic E-state index is 1.24. The molecule has 0 bridgehead atoms. The first-order valence-corrected chi connectivity index (χ1v) is 6.23. The van der Waals surface area contributed by atoms with Crippen molar-refractivity contribution in [1.29, 1.82) is 0 Å². The number of rotatable bonds is 6. The highest BCUT2D eigenvalue weighted by Gasteiger charge is 2.14. The van der Waals surface area contributed by atoms with Crippen molar-refractivity contribution < 1.29 is 0 Å². The van der Waals surface area contributed by atoms with E-state index in [0.29, 0.717) is 0 Å². The molecule has 0 unspecified atom stereocenters. The monoisotopic (exact) mass is 192 g/mol. The standard InChI is InChI=1S/C14H24/c1-4-7-9-13-11-10-12(8-5-2)14(13)6-3/h10H,4-9,11H2,1-3H3. The molecule has 14 heavy (non-hydrogen) atoms. The predicted octanol–water partition coefficient (Wildman–Crippen LogP) is 5.01. The van der Waals surface area contributed by atoms with E-state index in [9.17, 15) is 0 Å². The summed E-state index contributed by atoms with van der Waals surface area (Å²) in [5.41, 5.74) is 5.08. The maximum Gasteiger partial charge on any atom is -0.0127 e. The van der Waals surface area contributed by atoms with Crippen molar-refractivity contribution in [2.24, 2.45) is 0 Å². The van der Waals surface area contributed by atoms with Crippen molar-refractivity contribution >= 4 is 0 Å². The van der Waals surface area contributed by atoms with E-state index in [1.54, 1.807) is 16.7 Å². The zero-order valence-electron chi connectivity index (χ0n) is 10.0. The first-order valence-electron chi connectivity index (χ1n) is 6.23. The third kappa shape index (κ3) is 2.73. The van der Waals surface area contributed by atoms with E-state index in [2.05, 4.69) is 26.8 Å². The summed E-state index contributed by atoms with van der Waals surface area (Å²) in [5.74, 6) is 0. The van der Waals surface area contributed by atoms with Gasteiger partial charge in [0, 0.05) is 0 Å². The molecule has 0 radical (unpaired) electrons. The van der Waals surface area contributed by atoms with Gasteiger partial charge in [-0.15, -0.1) is 0 Å². The van der Waals surface area contributed by atoms with Gasteiger partial charge in [0.1, 0.15) is 0 Å². The molecular weight excluding hydrogens is 168 g/mol. The van der Waals surface area contributed by atoms with Gasteiger partial charge in [0.25, 0.3) is 0 Å². The van der Waals surface area contributed by atoms with Gasteiger partial charge >= 0.3 is 0 Å². The smallest absolute Gasteiger partial charge is 0.0127 e. The highest BCUT2D eigenvalue weighted by molar-refractivity contribution is 5.42. The maximum absolute atomic E-state index is 2.47. The van der Waals surface area contributed by atoms with Gasteiger partial charge in [-0.2, -0.15) is 0 Å². The minimum atomic E-state index is 1.24. The topological polar surface area (TPSA) is 0 Å². The van der Waals surface area contributed by atoms with Crippen LogP contribution in [0.1, 0.15) is 65.7 Å². The first-order chi connectivity index (χ1) is 6.83. The van der Waals surface area contributed by atoms with Crippen LogP contribution in [-0.2, 0) is 0 Å². The Morgan fingerprint density at radius 3 is 2.43 bits per heavy atom. The Balaban J connectivity index is 2.60. The van der Waals surface area contributed by atoms with Crippen LogP contribution < -0.4 is 0 Å². The van der Waals surface area contributed by atoms with Crippen LogP contribution in [-0.4, -0.2) is 0 Å². The van der Waals surface area contributed by atoms with Gasteiger partial charge in [0.2, 0.25) is 0 Å². The van der Waals surface area contributed by atoms with E-state index in [0.717, 1.165) is 0 Å². The summed E-state index contributed by atoms with van der Waals surface area (Å²) in [6.45, 7) is 6.86. The van der Waals surface area contributed by atoms with E-state index in [1.807, 2.05) is 0 Å². The molecule has 1 rings (SSSR count). The normalized spacial score (nSPS) is 16.4. The molecule has 0 N–H and O–H groups in total. The van der Waals surface area contributed by atoms with Crippen molar-refractivity contribution in [3.05, 3.63) is 22.8 Å². The van der Waals surface area contributed by atoms with Crippen molar-refractivity contribution in [2.45, 2.75) is 65.7 Å². The first kappa shape index (κ1) is 11.6. The highest BCUT2D eigenvalue weighted by atomic mass is 14.2. The van der Waals surface area contributed by atoms with Crippen LogP contribution in [0.5, 0.6) is 0 Å². The molecule has 0 saturated heterocycles. The summed E-state index contributed by atoms with van der Waals surface area (Å²) in [6, 6.07) is 0. The van der Waals surface area contributed by atoms with Crippen molar-refractivity contribution in [3.8, 4) is 0 Å². The lowest BCUT2D eigenvalue weighted by Gasteiger charge is -2.08. The molecule has 0 heteroatoms. The fraction of sp³-hybridized carbons (Fsp3) is 0.714. The van der Waals surface area contributed by atoms with Gasteiger partial charge in [0.15, 0.2) is 0 Å². The predicted molar refractivity (Wildman–Crippen MR) is 64.5 cm³/mol. The van der Waals surface area contributed by atoms with Crippen LogP contribution in [0.3, 0.4) is 0 Å². The van der Waals surface area contributed by atoms with Crippen LogP contribution in [0.2, 0.25) is 0 Å². The van der Waals surface area contributed by atoms with Gasteiger partial charge in [-0.25, -0.2) is 0 Å². The Kier molecular flexibility index (Phi) is 5.00. The summed E-state index contributed by atoms with van der Waals surface area (Å²) in [6.07, 6.45) is 11.6. The molecule has 0 heterocycles. The lowest BCUT2D eigenvalue weighted by Crippen LogP contribution is -1.89. The summed E-state index contributed by atoms with van der Waals surface area (Å²) >= 11 is 0. The van der Waals surface area contributed by atoms with Crippen LogP contribution in [0.15, 0.2) is 22.8 Å². The zero-order valence-corrected chi connectivity index (χ0v) is 10.0. The third-order valence-electron chi connectivity index (χ3n) is 3.11. The molecule has 0 atom stereocenters. The number of allylic oxidation sites excluding steroid dienone is 4. The van der Waals surface area contributed by atoms with E-state index in [1.165, 1.54) is 44.9 Å². The maximum atomic E-state index is 2.47. The van der Waals surface area contributed by atoms with Crippen molar-refractivity contribution in [2.75, 3.05) is 0 Å². The molecule has 0 aliphatic heterocycles. The second-order valence-electron chi connectivity index (χ2n) is 4.22. The van der Waals surface area contributed by atoms with Gasteiger partial charge in [-0.1, -0.05) is 45.3 Å². The zero-order chi connectivity index (χ0) is 10.4. The van der Waals surface area contributed by atoms with Crippen molar-refractivity contribution in [3.63, 3.8) is 0 Å². The molecule has 0 aromatic carbocycles. The average Bonchev–Trinajstić information content (AvgIpc) is 2.58. The average molecular weight is 192 g/mol. The Morgan fingerprint density at radius 2 is 1.86 bits per heavy atom. The second-order valence-corrected chi connectivity index (χ2v) is 4.22. The van der Waals surface area contributed by atoms with Gasteiger partial charge < -0.3 is 0 Å². The van der Waals surface area contributed by atoms with E-state index in [4.69, 9.17) is 0 Å². The lowest BCUT2D eigenvalue weighted by atomic mass is 9.97. The summed E-state index contributed by atoms with van der Waals surface area (Å²) in [4.78, 5) is 0. The van der Waals surface area contributed by atoms with Crippen LogP contribution >= 0.6 is 0 Å². The molecule has 0 saturated carbocycles. The molecule has 1 aliphatic carbocycles. The van der Waals surface area contributed by atoms with E-state index in [-0.39, 0.29) is 0 Å². The third-order valence-corrected chi connectivity index (χ3v) is 3.11. The Morgan fingerprint density at radius 1 is 1.07 bits per heavy atom. The summed E-state index contributed by atoms with van der Waals surface area (Å²) < 4.78 is 0. The van der Waals surface area contributed by atoms with Crippen LogP contribution in [0, 0.1) is 0 Å². The fourth-order valence-corrected chi connectivity index (χ4v) is 2.36. The molecule has 80 valence electrons. The largest absolute Gasteiger partial charge is 0.0770 e. The molecule has 0 nitrogen and oxygen atoms in total. The van der Waals surface area contributed by atoms with Gasteiger partial charge in [0.05, 0.1) is 0 Å². The highest BCUT2D eigenvalue weighted by Crippen LogP contribution is 2.33. The van der Waals surface area contributed by atoms with Crippen molar-refractivity contribution in [1.82, 2.24) is 0 Å². The van der Waals surface area contributed by atoms with Gasteiger partial charge in [-0.05, 0) is 43.3 Å². The van der Waals surface area contributed by atoms with Crippen LogP contribution in [0.25, 0.3) is 0 Å². The molecule has 0 aromatic rings. The van der Waals surface area contributed by atoms with Gasteiger partial charge in [-0.3, -0.25) is 0 Å². The molecule has 0 amide bonds. The van der Waals surface area contributed by atoms with Crippen LogP contribution in [0.4, 0.5) is 0 Å². The molecular formula is C14H24. The Bertz CT molecular complexity index is 230. The number of hydrogen-bond donors (Lipinski definition) is 0. The number of hydrogen-bond acceptors (Lipinski definition) is 0. The minimum Gasteiger partial charge on any atom is -0.0770 e. The summed E-state index contributed by atoms with van der Waals surface area (Å²) in [5, 5.41) is 0. The number of unbranched alkanes of at least 4 members (excludes halogenated alkanes) is 1. The molecule has 0 spiro atoms. The van der Waals surface area contributed by atoms with E-state index < -0.39 is 0 Å². The fourth-order valence-electron chi connectivity index (χ4n) is 2.36. The quantitative estimate of drug-likeness (QED) is 0.554. The van der Waals surface area contributed by atoms with E-state index >= 15 is 0 Å². The Hall–Kier alpha value is -0.520.